The topological polar surface area (TPSA) is 61.0 Å². The lowest BCUT2D eigenvalue weighted by atomic mass is 9.79. The third-order valence-corrected chi connectivity index (χ3v) is 3.27. The van der Waals surface area contributed by atoms with Crippen LogP contribution in [0.3, 0.4) is 0 Å². The van der Waals surface area contributed by atoms with Crippen LogP contribution in [0.4, 0.5) is 0 Å². The molecule has 1 aliphatic carbocycles. The number of nitrogens with zero attached hydrogens (tertiary/aromatic N) is 2. The molecule has 1 aromatic heterocycles. The SMILES string of the molecule is COC1(c2nc(C)cc(CCN)n2)CCC1. The van der Waals surface area contributed by atoms with Crippen LogP contribution in [0, 0.1) is 6.92 Å². The molecule has 0 aromatic carbocycles. The lowest BCUT2D eigenvalue weighted by Gasteiger charge is -2.39. The van der Waals surface area contributed by atoms with Gasteiger partial charge in [-0.25, -0.2) is 9.97 Å². The molecule has 4 heteroatoms. The molecule has 0 atom stereocenters. The summed E-state index contributed by atoms with van der Waals surface area (Å²) >= 11 is 0. The first-order chi connectivity index (χ1) is 7.70. The molecule has 88 valence electrons. The van der Waals surface area contributed by atoms with Crippen LogP contribution in [0.25, 0.3) is 0 Å². The maximum Gasteiger partial charge on any atom is 0.160 e. The van der Waals surface area contributed by atoms with Crippen molar-refractivity contribution in [1.29, 1.82) is 0 Å². The van der Waals surface area contributed by atoms with E-state index in [0.717, 1.165) is 36.5 Å². The van der Waals surface area contributed by atoms with Gasteiger partial charge in [-0.15, -0.1) is 0 Å². The standard InChI is InChI=1S/C12H19N3O/c1-9-8-10(4-7-13)15-11(14-9)12(16-2)5-3-6-12/h8H,3-7,13H2,1-2H3. The summed E-state index contributed by atoms with van der Waals surface area (Å²) in [7, 11) is 1.74. The number of ether oxygens (including phenoxy) is 1. The summed E-state index contributed by atoms with van der Waals surface area (Å²) in [5, 5.41) is 0. The van der Waals surface area contributed by atoms with E-state index < -0.39 is 0 Å². The van der Waals surface area contributed by atoms with Crippen molar-refractivity contribution in [2.24, 2.45) is 5.73 Å². The zero-order valence-corrected chi connectivity index (χ0v) is 9.99. The van der Waals surface area contributed by atoms with Crippen LogP contribution >= 0.6 is 0 Å². The highest BCUT2D eigenvalue weighted by Crippen LogP contribution is 2.42. The first-order valence-electron chi connectivity index (χ1n) is 5.80. The minimum absolute atomic E-state index is 0.227. The van der Waals surface area contributed by atoms with Gasteiger partial charge in [0.15, 0.2) is 5.82 Å². The molecule has 0 amide bonds. The van der Waals surface area contributed by atoms with Gasteiger partial charge in [0, 0.05) is 24.9 Å². The highest BCUT2D eigenvalue weighted by atomic mass is 16.5. The summed E-state index contributed by atoms with van der Waals surface area (Å²) in [5.74, 6) is 0.838. The van der Waals surface area contributed by atoms with Gasteiger partial charge in [-0.2, -0.15) is 0 Å². The fourth-order valence-corrected chi connectivity index (χ4v) is 2.13. The quantitative estimate of drug-likeness (QED) is 0.832. The number of aromatic nitrogens is 2. The number of rotatable bonds is 4. The Bertz CT molecular complexity index is 369. The summed E-state index contributed by atoms with van der Waals surface area (Å²) < 4.78 is 5.59. The van der Waals surface area contributed by atoms with Gasteiger partial charge < -0.3 is 10.5 Å². The van der Waals surface area contributed by atoms with Crippen molar-refractivity contribution in [2.75, 3.05) is 13.7 Å². The molecule has 2 rings (SSSR count). The lowest BCUT2D eigenvalue weighted by molar-refractivity contribution is -0.0848. The second-order valence-electron chi connectivity index (χ2n) is 4.41. The van der Waals surface area contributed by atoms with E-state index in [1.807, 2.05) is 13.0 Å². The predicted octanol–water partition coefficient (Wildman–Crippen LogP) is 1.31. The van der Waals surface area contributed by atoms with Crippen molar-refractivity contribution < 1.29 is 4.74 Å². The summed E-state index contributed by atoms with van der Waals surface area (Å²) in [4.78, 5) is 9.08. The second kappa shape index (κ2) is 4.47. The molecule has 1 fully saturated rings. The zero-order valence-electron chi connectivity index (χ0n) is 9.99. The molecular weight excluding hydrogens is 202 g/mol. The van der Waals surface area contributed by atoms with Crippen molar-refractivity contribution >= 4 is 0 Å². The molecule has 0 radical (unpaired) electrons. The Morgan fingerprint density at radius 1 is 1.44 bits per heavy atom. The molecule has 16 heavy (non-hydrogen) atoms. The van der Waals surface area contributed by atoms with Crippen molar-refractivity contribution in [2.45, 2.75) is 38.2 Å². The first-order valence-corrected chi connectivity index (χ1v) is 5.80. The lowest BCUT2D eigenvalue weighted by Crippen LogP contribution is -2.38. The van der Waals surface area contributed by atoms with Crippen LogP contribution in [-0.2, 0) is 16.8 Å². The molecular formula is C12H19N3O. The Morgan fingerprint density at radius 2 is 2.19 bits per heavy atom. The van der Waals surface area contributed by atoms with E-state index in [4.69, 9.17) is 10.5 Å². The average molecular weight is 221 g/mol. The average Bonchev–Trinajstić information content (AvgIpc) is 2.16. The number of methoxy groups -OCH3 is 1. The van der Waals surface area contributed by atoms with Crippen molar-refractivity contribution in [3.05, 3.63) is 23.3 Å². The van der Waals surface area contributed by atoms with Crippen LogP contribution in [0.15, 0.2) is 6.07 Å². The summed E-state index contributed by atoms with van der Waals surface area (Å²) in [6.45, 7) is 2.61. The fourth-order valence-electron chi connectivity index (χ4n) is 2.13. The molecule has 2 N–H and O–H groups in total. The van der Waals surface area contributed by atoms with Crippen LogP contribution in [-0.4, -0.2) is 23.6 Å². The Morgan fingerprint density at radius 3 is 2.69 bits per heavy atom. The molecule has 0 unspecified atom stereocenters. The first kappa shape index (κ1) is 11.5. The van der Waals surface area contributed by atoms with Gasteiger partial charge in [-0.1, -0.05) is 0 Å². The van der Waals surface area contributed by atoms with E-state index in [2.05, 4.69) is 9.97 Å². The predicted molar refractivity (Wildman–Crippen MR) is 62.1 cm³/mol. The number of aryl methyl sites for hydroxylation is 1. The van der Waals surface area contributed by atoms with Gasteiger partial charge in [0.1, 0.15) is 5.60 Å². The molecule has 1 saturated carbocycles. The normalized spacial score (nSPS) is 18.2. The number of nitrogens with two attached hydrogens (primary N) is 1. The van der Waals surface area contributed by atoms with Gasteiger partial charge in [-0.3, -0.25) is 0 Å². The Labute approximate surface area is 96.2 Å². The van der Waals surface area contributed by atoms with Crippen LogP contribution in [0.1, 0.15) is 36.5 Å². The minimum Gasteiger partial charge on any atom is -0.370 e. The van der Waals surface area contributed by atoms with Gasteiger partial charge in [0.2, 0.25) is 0 Å². The van der Waals surface area contributed by atoms with E-state index in [1.165, 1.54) is 6.42 Å². The third kappa shape index (κ3) is 1.95. The van der Waals surface area contributed by atoms with Gasteiger partial charge >= 0.3 is 0 Å². The van der Waals surface area contributed by atoms with Gasteiger partial charge in [0.25, 0.3) is 0 Å². The molecule has 0 saturated heterocycles. The fraction of sp³-hybridized carbons (Fsp3) is 0.667. The van der Waals surface area contributed by atoms with Crippen molar-refractivity contribution in [1.82, 2.24) is 9.97 Å². The van der Waals surface area contributed by atoms with Crippen LogP contribution < -0.4 is 5.73 Å². The summed E-state index contributed by atoms with van der Waals surface area (Å²) in [6.07, 6.45) is 4.04. The zero-order chi connectivity index (χ0) is 11.6. The molecule has 0 aliphatic heterocycles. The monoisotopic (exact) mass is 221 g/mol. The minimum atomic E-state index is -0.227. The van der Waals surface area contributed by atoms with Crippen LogP contribution in [0.5, 0.6) is 0 Å². The van der Waals surface area contributed by atoms with E-state index in [0.29, 0.717) is 6.54 Å². The smallest absolute Gasteiger partial charge is 0.160 e. The Balaban J connectivity index is 2.32. The third-order valence-electron chi connectivity index (χ3n) is 3.27. The van der Waals surface area contributed by atoms with E-state index in [9.17, 15) is 0 Å². The summed E-state index contributed by atoms with van der Waals surface area (Å²) in [5.41, 5.74) is 7.35. The Hall–Kier alpha value is -1.00. The van der Waals surface area contributed by atoms with E-state index >= 15 is 0 Å². The number of hydrogen-bond donors (Lipinski definition) is 1. The largest absolute Gasteiger partial charge is 0.370 e. The molecule has 1 aromatic rings. The van der Waals surface area contributed by atoms with E-state index in [1.54, 1.807) is 7.11 Å². The second-order valence-corrected chi connectivity index (χ2v) is 4.41. The highest BCUT2D eigenvalue weighted by molar-refractivity contribution is 5.16. The van der Waals surface area contributed by atoms with E-state index in [-0.39, 0.29) is 5.60 Å². The van der Waals surface area contributed by atoms with Crippen molar-refractivity contribution in [3.63, 3.8) is 0 Å². The maximum atomic E-state index is 5.59. The molecule has 1 heterocycles. The number of hydrogen-bond acceptors (Lipinski definition) is 4. The van der Waals surface area contributed by atoms with Gasteiger partial charge in [-0.05, 0) is 38.8 Å². The summed E-state index contributed by atoms with van der Waals surface area (Å²) in [6, 6.07) is 2.00. The highest BCUT2D eigenvalue weighted by Gasteiger charge is 2.41. The molecule has 4 nitrogen and oxygen atoms in total. The molecule has 0 bridgehead atoms. The Kier molecular flexibility index (Phi) is 3.21. The van der Waals surface area contributed by atoms with Gasteiger partial charge in [0.05, 0.1) is 0 Å². The molecule has 1 aliphatic rings. The van der Waals surface area contributed by atoms with Crippen LogP contribution in [0.2, 0.25) is 0 Å². The molecule has 0 spiro atoms. The maximum absolute atomic E-state index is 5.59. The van der Waals surface area contributed by atoms with Crippen molar-refractivity contribution in [3.8, 4) is 0 Å².